The van der Waals surface area contributed by atoms with Gasteiger partial charge in [-0.3, -0.25) is 0 Å². The maximum atomic E-state index is 8.89. The minimum Gasteiger partial charge on any atom is -0.497 e. The average Bonchev–Trinajstić information content (AvgIpc) is 2.86. The molecule has 0 spiro atoms. The van der Waals surface area contributed by atoms with Crippen molar-refractivity contribution >= 4 is 0 Å². The van der Waals surface area contributed by atoms with Gasteiger partial charge in [0.25, 0.3) is 0 Å². The number of ether oxygens (including phenoxy) is 1. The lowest BCUT2D eigenvalue weighted by molar-refractivity contribution is 0.236. The summed E-state index contributed by atoms with van der Waals surface area (Å²) in [5, 5.41) is 12.7. The van der Waals surface area contributed by atoms with E-state index >= 15 is 0 Å². The lowest BCUT2D eigenvalue weighted by Crippen LogP contribution is -2.14. The van der Waals surface area contributed by atoms with Crippen molar-refractivity contribution < 1.29 is 14.4 Å². The van der Waals surface area contributed by atoms with E-state index in [9.17, 15) is 0 Å². The number of aromatic nitrogens is 2. The maximum Gasteiger partial charge on any atom is 0.245 e. The van der Waals surface area contributed by atoms with Gasteiger partial charge in [-0.1, -0.05) is 17.3 Å². The Morgan fingerprint density at radius 2 is 2.33 bits per heavy atom. The fourth-order valence-corrected chi connectivity index (χ4v) is 1.53. The summed E-state index contributed by atoms with van der Waals surface area (Å²) in [5.74, 6) is 1.56. The second-order valence-corrected chi connectivity index (χ2v) is 3.87. The molecular weight excluding hydrogens is 234 g/mol. The van der Waals surface area contributed by atoms with E-state index in [1.54, 1.807) is 7.11 Å². The van der Waals surface area contributed by atoms with Crippen LogP contribution in [0.2, 0.25) is 0 Å². The standard InChI is InChI=1S/C12H15N3O3/c1-17-9-4-2-3-8(5-9)6-11-14-12(18-15-11)10(13)7-16/h2-5,10,16H,6-7,13H2,1H3/t10-/m1/s1. The molecule has 0 aliphatic carbocycles. The van der Waals surface area contributed by atoms with E-state index in [1.165, 1.54) is 0 Å². The Hall–Kier alpha value is -1.92. The number of benzene rings is 1. The maximum absolute atomic E-state index is 8.89. The lowest BCUT2D eigenvalue weighted by atomic mass is 10.1. The van der Waals surface area contributed by atoms with Gasteiger partial charge in [-0.05, 0) is 17.7 Å². The second-order valence-electron chi connectivity index (χ2n) is 3.87. The SMILES string of the molecule is COc1cccc(Cc2noc([C@H](N)CO)n2)c1. The van der Waals surface area contributed by atoms with Gasteiger partial charge in [0.15, 0.2) is 5.82 Å². The molecule has 6 heteroatoms. The summed E-state index contributed by atoms with van der Waals surface area (Å²) in [6, 6.07) is 6.99. The number of hydrogen-bond donors (Lipinski definition) is 2. The van der Waals surface area contributed by atoms with Gasteiger partial charge in [0.1, 0.15) is 11.8 Å². The molecule has 1 aromatic carbocycles. The van der Waals surface area contributed by atoms with Crippen LogP contribution in [0.15, 0.2) is 28.8 Å². The van der Waals surface area contributed by atoms with Gasteiger partial charge >= 0.3 is 0 Å². The minimum atomic E-state index is -0.628. The van der Waals surface area contributed by atoms with Crippen molar-refractivity contribution in [1.29, 1.82) is 0 Å². The topological polar surface area (TPSA) is 94.4 Å². The molecule has 1 heterocycles. The summed E-state index contributed by atoms with van der Waals surface area (Å²) < 4.78 is 10.1. The quantitative estimate of drug-likeness (QED) is 0.808. The molecule has 0 aliphatic heterocycles. The zero-order valence-corrected chi connectivity index (χ0v) is 10.0. The van der Waals surface area contributed by atoms with Crippen molar-refractivity contribution in [3.63, 3.8) is 0 Å². The Balaban J connectivity index is 2.11. The van der Waals surface area contributed by atoms with Crippen molar-refractivity contribution in [3.8, 4) is 5.75 Å². The van der Waals surface area contributed by atoms with Gasteiger partial charge in [-0.15, -0.1) is 0 Å². The van der Waals surface area contributed by atoms with E-state index in [0.29, 0.717) is 12.2 Å². The number of aliphatic hydroxyl groups excluding tert-OH is 1. The molecule has 18 heavy (non-hydrogen) atoms. The molecule has 0 fully saturated rings. The Kier molecular flexibility index (Phi) is 3.91. The Labute approximate surface area is 104 Å². The molecule has 2 aromatic rings. The van der Waals surface area contributed by atoms with Crippen LogP contribution in [-0.2, 0) is 6.42 Å². The van der Waals surface area contributed by atoms with Crippen LogP contribution in [-0.4, -0.2) is 29.0 Å². The summed E-state index contributed by atoms with van der Waals surface area (Å²) in [7, 11) is 1.62. The highest BCUT2D eigenvalue weighted by molar-refractivity contribution is 5.30. The molecule has 6 nitrogen and oxygen atoms in total. The van der Waals surface area contributed by atoms with Crippen LogP contribution in [0.4, 0.5) is 0 Å². The van der Waals surface area contributed by atoms with Crippen LogP contribution in [0.5, 0.6) is 5.75 Å². The summed E-state index contributed by atoms with van der Waals surface area (Å²) in [6.07, 6.45) is 0.527. The molecule has 96 valence electrons. The predicted molar refractivity (Wildman–Crippen MR) is 64.1 cm³/mol. The summed E-state index contributed by atoms with van der Waals surface area (Å²) in [6.45, 7) is -0.221. The van der Waals surface area contributed by atoms with Crippen molar-refractivity contribution in [2.75, 3.05) is 13.7 Å². The first-order valence-electron chi connectivity index (χ1n) is 5.54. The zero-order valence-electron chi connectivity index (χ0n) is 10.0. The third kappa shape index (κ3) is 2.85. The van der Waals surface area contributed by atoms with Crippen molar-refractivity contribution in [3.05, 3.63) is 41.5 Å². The number of methoxy groups -OCH3 is 1. The monoisotopic (exact) mass is 249 g/mol. The molecular formula is C12H15N3O3. The van der Waals surface area contributed by atoms with Gasteiger partial charge in [0, 0.05) is 6.42 Å². The first kappa shape index (κ1) is 12.5. The van der Waals surface area contributed by atoms with Crippen LogP contribution in [0, 0.1) is 0 Å². The van der Waals surface area contributed by atoms with Crippen LogP contribution in [0.25, 0.3) is 0 Å². The third-order valence-electron chi connectivity index (χ3n) is 2.49. The normalized spacial score (nSPS) is 12.4. The highest BCUT2D eigenvalue weighted by Gasteiger charge is 2.13. The number of rotatable bonds is 5. The van der Waals surface area contributed by atoms with Gasteiger partial charge in [0.2, 0.25) is 5.89 Å². The van der Waals surface area contributed by atoms with E-state index in [2.05, 4.69) is 10.1 Å². The highest BCUT2D eigenvalue weighted by Crippen LogP contribution is 2.15. The van der Waals surface area contributed by atoms with Crippen LogP contribution in [0.3, 0.4) is 0 Å². The average molecular weight is 249 g/mol. The minimum absolute atomic E-state index is 0.221. The number of aliphatic hydroxyl groups is 1. The molecule has 0 aliphatic rings. The third-order valence-corrected chi connectivity index (χ3v) is 2.49. The smallest absolute Gasteiger partial charge is 0.245 e. The molecule has 0 bridgehead atoms. The molecule has 2 rings (SSSR count). The highest BCUT2D eigenvalue weighted by atomic mass is 16.5. The first-order valence-corrected chi connectivity index (χ1v) is 5.54. The molecule has 3 N–H and O–H groups in total. The fourth-order valence-electron chi connectivity index (χ4n) is 1.53. The van der Waals surface area contributed by atoms with E-state index < -0.39 is 6.04 Å². The van der Waals surface area contributed by atoms with E-state index in [0.717, 1.165) is 11.3 Å². The summed E-state index contributed by atoms with van der Waals surface area (Å²) in [4.78, 5) is 4.13. The Bertz CT molecular complexity index is 513. The lowest BCUT2D eigenvalue weighted by Gasteiger charge is -2.01. The number of nitrogens with zero attached hydrogens (tertiary/aromatic N) is 2. The first-order chi connectivity index (χ1) is 8.72. The van der Waals surface area contributed by atoms with E-state index in [-0.39, 0.29) is 12.5 Å². The Morgan fingerprint density at radius 3 is 3.06 bits per heavy atom. The van der Waals surface area contributed by atoms with Crippen molar-refractivity contribution in [1.82, 2.24) is 10.1 Å². The molecule has 0 radical (unpaired) electrons. The largest absolute Gasteiger partial charge is 0.497 e. The van der Waals surface area contributed by atoms with Gasteiger partial charge in [0.05, 0.1) is 13.7 Å². The van der Waals surface area contributed by atoms with E-state index in [1.807, 2.05) is 24.3 Å². The van der Waals surface area contributed by atoms with Crippen molar-refractivity contribution in [2.45, 2.75) is 12.5 Å². The molecule has 1 atom stereocenters. The summed E-state index contributed by atoms with van der Waals surface area (Å²) >= 11 is 0. The van der Waals surface area contributed by atoms with Gasteiger partial charge in [-0.25, -0.2) is 0 Å². The van der Waals surface area contributed by atoms with Crippen LogP contribution in [0.1, 0.15) is 23.3 Å². The predicted octanol–water partition coefficient (Wildman–Crippen LogP) is 0.661. The molecule has 1 aromatic heterocycles. The van der Waals surface area contributed by atoms with Gasteiger partial charge in [-0.2, -0.15) is 4.98 Å². The molecule has 0 amide bonds. The van der Waals surface area contributed by atoms with Crippen molar-refractivity contribution in [2.24, 2.45) is 5.73 Å². The Morgan fingerprint density at radius 1 is 1.50 bits per heavy atom. The van der Waals surface area contributed by atoms with Gasteiger partial charge < -0.3 is 20.1 Å². The van der Waals surface area contributed by atoms with Crippen LogP contribution < -0.4 is 10.5 Å². The second kappa shape index (κ2) is 5.61. The number of nitrogens with two attached hydrogens (primary N) is 1. The number of hydrogen-bond acceptors (Lipinski definition) is 6. The molecule has 0 saturated carbocycles. The van der Waals surface area contributed by atoms with Crippen LogP contribution >= 0.6 is 0 Å². The molecule has 0 saturated heterocycles. The summed E-state index contributed by atoms with van der Waals surface area (Å²) in [5.41, 5.74) is 6.59. The fraction of sp³-hybridized carbons (Fsp3) is 0.333. The van der Waals surface area contributed by atoms with E-state index in [4.69, 9.17) is 20.1 Å². The molecule has 0 unspecified atom stereocenters. The zero-order chi connectivity index (χ0) is 13.0.